The van der Waals surface area contributed by atoms with Crippen LogP contribution in [-0.4, -0.2) is 31.1 Å². The first-order valence-corrected chi connectivity index (χ1v) is 4.64. The normalized spacial score (nSPS) is 17.9. The third-order valence-electron chi connectivity index (χ3n) is 2.36. The number of hydrogen-bond acceptors (Lipinski definition) is 3. The van der Waals surface area contributed by atoms with Crippen molar-refractivity contribution in [2.75, 3.05) is 31.2 Å². The Kier molecular flexibility index (Phi) is 2.29. The highest BCUT2D eigenvalue weighted by molar-refractivity contribution is 5.55. The summed E-state index contributed by atoms with van der Waals surface area (Å²) in [6.45, 7) is 1.99. The first kappa shape index (κ1) is 9.27. The van der Waals surface area contributed by atoms with Crippen molar-refractivity contribution in [3.8, 4) is 0 Å². The van der Waals surface area contributed by atoms with Crippen molar-refractivity contribution >= 4 is 11.4 Å². The molecule has 3 N–H and O–H groups in total. The predicted molar refractivity (Wildman–Crippen MR) is 55.7 cm³/mol. The highest BCUT2D eigenvalue weighted by atomic mass is 19.1. The van der Waals surface area contributed by atoms with Gasteiger partial charge in [0.25, 0.3) is 0 Å². The van der Waals surface area contributed by atoms with Gasteiger partial charge >= 0.3 is 0 Å². The number of halogens is 1. The van der Waals surface area contributed by atoms with E-state index in [1.54, 1.807) is 6.07 Å². The van der Waals surface area contributed by atoms with Gasteiger partial charge in [-0.25, -0.2) is 4.39 Å². The number of rotatable bonds is 2. The molecule has 0 aromatic heterocycles. The summed E-state index contributed by atoms with van der Waals surface area (Å²) in [7, 11) is 2.05. The number of likely N-dealkylation sites (N-methyl/N-ethyl adjacent to an activating group) is 1. The number of nitrogens with one attached hydrogen (secondary N) is 1. The molecule has 0 amide bonds. The van der Waals surface area contributed by atoms with E-state index < -0.39 is 0 Å². The van der Waals surface area contributed by atoms with E-state index in [9.17, 15) is 4.39 Å². The van der Waals surface area contributed by atoms with Crippen LogP contribution >= 0.6 is 0 Å². The van der Waals surface area contributed by atoms with E-state index >= 15 is 0 Å². The van der Waals surface area contributed by atoms with Crippen molar-refractivity contribution in [2.45, 2.75) is 6.04 Å². The van der Waals surface area contributed by atoms with Gasteiger partial charge in [-0.1, -0.05) is 0 Å². The van der Waals surface area contributed by atoms with Crippen LogP contribution in [0.4, 0.5) is 15.8 Å². The lowest BCUT2D eigenvalue weighted by Gasteiger charge is -2.37. The summed E-state index contributed by atoms with van der Waals surface area (Å²) < 4.78 is 12.9. The quantitative estimate of drug-likeness (QED) is 0.695. The first-order chi connectivity index (χ1) is 6.63. The van der Waals surface area contributed by atoms with Gasteiger partial charge in [-0.3, -0.25) is 0 Å². The average Bonchev–Trinajstić information content (AvgIpc) is 1.99. The molecule has 0 spiro atoms. The topological polar surface area (TPSA) is 41.3 Å². The summed E-state index contributed by atoms with van der Waals surface area (Å²) >= 11 is 0. The molecular weight excluding hydrogens is 181 g/mol. The predicted octanol–water partition coefficient (Wildman–Crippen LogP) is 1.13. The smallest absolute Gasteiger partial charge is 0.127 e. The summed E-state index contributed by atoms with van der Waals surface area (Å²) in [5.41, 5.74) is 6.75. The second kappa shape index (κ2) is 3.46. The molecule has 1 aliphatic heterocycles. The highest BCUT2D eigenvalue weighted by Crippen LogP contribution is 2.18. The molecular formula is C10H14FN3. The Morgan fingerprint density at radius 2 is 2.14 bits per heavy atom. The second-order valence-corrected chi connectivity index (χ2v) is 3.84. The van der Waals surface area contributed by atoms with E-state index in [1.807, 2.05) is 0 Å². The number of nitrogen functional groups attached to an aromatic ring is 1. The molecule has 14 heavy (non-hydrogen) atoms. The largest absolute Gasteiger partial charge is 0.399 e. The zero-order valence-electron chi connectivity index (χ0n) is 8.13. The fourth-order valence-corrected chi connectivity index (χ4v) is 1.72. The standard InChI is InChI=1S/C10H14FN3/c1-14-5-10(6-14)13-9-3-7(11)2-8(12)4-9/h2-4,10,13H,5-6,12H2,1H3. The van der Waals surface area contributed by atoms with Crippen molar-refractivity contribution < 1.29 is 4.39 Å². The molecule has 0 bridgehead atoms. The summed E-state index contributed by atoms with van der Waals surface area (Å²) in [5.74, 6) is -0.292. The van der Waals surface area contributed by atoms with E-state index in [-0.39, 0.29) is 5.82 Å². The minimum Gasteiger partial charge on any atom is -0.399 e. The van der Waals surface area contributed by atoms with E-state index in [2.05, 4.69) is 17.3 Å². The number of likely N-dealkylation sites (tertiary alicyclic amines) is 1. The molecule has 3 nitrogen and oxygen atoms in total. The monoisotopic (exact) mass is 195 g/mol. The molecule has 1 aromatic carbocycles. The molecule has 0 radical (unpaired) electrons. The number of benzene rings is 1. The van der Waals surface area contributed by atoms with E-state index in [0.29, 0.717) is 11.7 Å². The summed E-state index contributed by atoms with van der Waals surface area (Å²) in [6.07, 6.45) is 0. The summed E-state index contributed by atoms with van der Waals surface area (Å²) in [6, 6.07) is 4.95. The average molecular weight is 195 g/mol. The molecule has 2 rings (SSSR count). The van der Waals surface area contributed by atoms with Crippen LogP contribution < -0.4 is 11.1 Å². The second-order valence-electron chi connectivity index (χ2n) is 3.84. The van der Waals surface area contributed by atoms with Gasteiger partial charge in [-0.2, -0.15) is 0 Å². The highest BCUT2D eigenvalue weighted by Gasteiger charge is 2.22. The molecule has 1 heterocycles. The number of nitrogens with two attached hydrogens (primary N) is 1. The Labute approximate surface area is 82.7 Å². The van der Waals surface area contributed by atoms with Crippen LogP contribution in [0.15, 0.2) is 18.2 Å². The number of nitrogens with zero attached hydrogens (tertiary/aromatic N) is 1. The fraction of sp³-hybridized carbons (Fsp3) is 0.400. The third kappa shape index (κ3) is 1.96. The van der Waals surface area contributed by atoms with Crippen LogP contribution in [0.1, 0.15) is 0 Å². The van der Waals surface area contributed by atoms with Crippen molar-refractivity contribution in [1.29, 1.82) is 0 Å². The zero-order chi connectivity index (χ0) is 10.1. The van der Waals surface area contributed by atoms with Gasteiger partial charge in [0.2, 0.25) is 0 Å². The Hall–Kier alpha value is -1.29. The molecule has 0 saturated carbocycles. The zero-order valence-corrected chi connectivity index (χ0v) is 8.13. The Morgan fingerprint density at radius 1 is 1.43 bits per heavy atom. The first-order valence-electron chi connectivity index (χ1n) is 4.64. The number of hydrogen-bond donors (Lipinski definition) is 2. The molecule has 1 aliphatic rings. The van der Waals surface area contributed by atoms with Gasteiger partial charge in [0.05, 0.1) is 6.04 Å². The maximum Gasteiger partial charge on any atom is 0.127 e. The third-order valence-corrected chi connectivity index (χ3v) is 2.36. The molecule has 76 valence electrons. The molecule has 0 aliphatic carbocycles. The van der Waals surface area contributed by atoms with Gasteiger partial charge in [-0.15, -0.1) is 0 Å². The lowest BCUT2D eigenvalue weighted by atomic mass is 10.1. The lowest BCUT2D eigenvalue weighted by molar-refractivity contribution is 0.205. The molecule has 1 saturated heterocycles. The van der Waals surface area contributed by atoms with Gasteiger partial charge < -0.3 is 16.0 Å². The van der Waals surface area contributed by atoms with Gasteiger partial charge in [0.1, 0.15) is 5.82 Å². The van der Waals surface area contributed by atoms with Gasteiger partial charge in [-0.05, 0) is 25.2 Å². The van der Waals surface area contributed by atoms with Crippen LogP contribution in [0.3, 0.4) is 0 Å². The maximum absolute atomic E-state index is 12.9. The van der Waals surface area contributed by atoms with E-state index in [4.69, 9.17) is 5.73 Å². The minimum atomic E-state index is -0.292. The molecule has 1 aromatic rings. The summed E-state index contributed by atoms with van der Waals surface area (Å²) in [4.78, 5) is 2.19. The molecule has 1 fully saturated rings. The molecule has 0 unspecified atom stereocenters. The van der Waals surface area contributed by atoms with Crippen LogP contribution in [0.2, 0.25) is 0 Å². The van der Waals surface area contributed by atoms with Crippen LogP contribution in [-0.2, 0) is 0 Å². The summed E-state index contributed by atoms with van der Waals surface area (Å²) in [5, 5.41) is 3.23. The Bertz CT molecular complexity index is 314. The van der Waals surface area contributed by atoms with Crippen molar-refractivity contribution in [1.82, 2.24) is 4.90 Å². The van der Waals surface area contributed by atoms with Crippen molar-refractivity contribution in [3.63, 3.8) is 0 Å². The van der Waals surface area contributed by atoms with E-state index in [0.717, 1.165) is 18.8 Å². The Balaban J connectivity index is 2.02. The van der Waals surface area contributed by atoms with Crippen molar-refractivity contribution in [2.24, 2.45) is 0 Å². The molecule has 4 heteroatoms. The van der Waals surface area contributed by atoms with Gasteiger partial charge in [0, 0.05) is 24.5 Å². The maximum atomic E-state index is 12.9. The lowest BCUT2D eigenvalue weighted by Crippen LogP contribution is -2.52. The SMILES string of the molecule is CN1CC(Nc2cc(N)cc(F)c2)C1. The van der Waals surface area contributed by atoms with Crippen LogP contribution in [0.25, 0.3) is 0 Å². The number of anilines is 2. The minimum absolute atomic E-state index is 0.292. The van der Waals surface area contributed by atoms with E-state index in [1.165, 1.54) is 12.1 Å². The Morgan fingerprint density at radius 3 is 2.71 bits per heavy atom. The van der Waals surface area contributed by atoms with Crippen LogP contribution in [0, 0.1) is 5.82 Å². The fourth-order valence-electron chi connectivity index (χ4n) is 1.72. The van der Waals surface area contributed by atoms with Crippen LogP contribution in [0.5, 0.6) is 0 Å². The molecule has 0 atom stereocenters. The van der Waals surface area contributed by atoms with Crippen molar-refractivity contribution in [3.05, 3.63) is 24.0 Å². The van der Waals surface area contributed by atoms with Gasteiger partial charge in [0.15, 0.2) is 0 Å².